The van der Waals surface area contributed by atoms with Crippen LogP contribution in [0.5, 0.6) is 0 Å². The summed E-state index contributed by atoms with van der Waals surface area (Å²) in [6.07, 6.45) is 2.24. The van der Waals surface area contributed by atoms with Gasteiger partial charge in [0.2, 0.25) is 5.91 Å². The lowest BCUT2D eigenvalue weighted by molar-refractivity contribution is -0.125. The highest BCUT2D eigenvalue weighted by Crippen LogP contribution is 2.18. The molecule has 19 heavy (non-hydrogen) atoms. The first-order valence-electron chi connectivity index (χ1n) is 7.11. The molecule has 6 heteroatoms. The molecule has 3 amide bonds. The Bertz CT molecular complexity index is 348. The van der Waals surface area contributed by atoms with E-state index in [1.54, 1.807) is 11.9 Å². The van der Waals surface area contributed by atoms with Crippen molar-refractivity contribution in [2.24, 2.45) is 5.92 Å². The average molecular weight is 268 g/mol. The van der Waals surface area contributed by atoms with Crippen LogP contribution in [0.1, 0.15) is 19.8 Å². The summed E-state index contributed by atoms with van der Waals surface area (Å²) in [6.45, 7) is 5.68. The minimum Gasteiger partial charge on any atom is -0.357 e. The van der Waals surface area contributed by atoms with E-state index in [2.05, 4.69) is 17.6 Å². The quantitative estimate of drug-likeness (QED) is 0.695. The summed E-state index contributed by atoms with van der Waals surface area (Å²) in [4.78, 5) is 28.1. The fraction of sp³-hybridized carbons (Fsp3) is 0.846. The topological polar surface area (TPSA) is 64.7 Å². The van der Waals surface area contributed by atoms with Gasteiger partial charge in [0.1, 0.15) is 6.04 Å². The molecule has 2 heterocycles. The molecule has 0 aliphatic carbocycles. The number of hydrogen-bond acceptors (Lipinski definition) is 3. The molecule has 0 saturated carbocycles. The van der Waals surface area contributed by atoms with E-state index in [1.807, 2.05) is 4.90 Å². The normalized spacial score (nSPS) is 28.1. The van der Waals surface area contributed by atoms with Crippen molar-refractivity contribution in [1.29, 1.82) is 0 Å². The summed E-state index contributed by atoms with van der Waals surface area (Å²) in [6, 6.07) is -0.370. The third kappa shape index (κ3) is 3.18. The summed E-state index contributed by atoms with van der Waals surface area (Å²) in [7, 11) is 1.61. The molecular weight excluding hydrogens is 244 g/mol. The SMILES string of the molecule is CNC(=O)C1CNCCN1C(=O)N1CCCC(C)C1. The molecule has 2 aliphatic rings. The Kier molecular flexibility index (Phi) is 4.63. The van der Waals surface area contributed by atoms with E-state index in [9.17, 15) is 9.59 Å². The third-order valence-corrected chi connectivity index (χ3v) is 3.97. The molecular formula is C13H24N4O2. The number of carbonyl (C=O) groups is 2. The number of likely N-dealkylation sites (tertiary alicyclic amines) is 1. The number of nitrogens with zero attached hydrogens (tertiary/aromatic N) is 2. The average Bonchev–Trinajstić information content (AvgIpc) is 2.45. The maximum Gasteiger partial charge on any atom is 0.320 e. The molecule has 2 N–H and O–H groups in total. The summed E-state index contributed by atoms with van der Waals surface area (Å²) in [5.74, 6) is 0.463. The molecule has 2 unspecified atom stereocenters. The number of carbonyl (C=O) groups excluding carboxylic acids is 2. The lowest BCUT2D eigenvalue weighted by Gasteiger charge is -2.40. The van der Waals surface area contributed by atoms with Crippen LogP contribution in [0.3, 0.4) is 0 Å². The number of piperidine rings is 1. The molecule has 0 radical (unpaired) electrons. The maximum absolute atomic E-state index is 12.6. The number of piperazine rings is 1. The van der Waals surface area contributed by atoms with Crippen LogP contribution in [0, 0.1) is 5.92 Å². The van der Waals surface area contributed by atoms with E-state index < -0.39 is 0 Å². The van der Waals surface area contributed by atoms with E-state index in [0.29, 0.717) is 19.0 Å². The smallest absolute Gasteiger partial charge is 0.320 e. The van der Waals surface area contributed by atoms with Gasteiger partial charge in [0.05, 0.1) is 0 Å². The highest BCUT2D eigenvalue weighted by Gasteiger charge is 2.34. The first-order valence-corrected chi connectivity index (χ1v) is 7.11. The van der Waals surface area contributed by atoms with Gasteiger partial charge in [-0.2, -0.15) is 0 Å². The van der Waals surface area contributed by atoms with Gasteiger partial charge in [-0.25, -0.2) is 4.79 Å². The third-order valence-electron chi connectivity index (χ3n) is 3.97. The Morgan fingerprint density at radius 3 is 2.79 bits per heavy atom. The van der Waals surface area contributed by atoms with Crippen molar-refractivity contribution in [2.45, 2.75) is 25.8 Å². The predicted octanol–water partition coefficient (Wildman–Crippen LogP) is -0.142. The van der Waals surface area contributed by atoms with Gasteiger partial charge in [-0.1, -0.05) is 6.92 Å². The molecule has 0 spiro atoms. The monoisotopic (exact) mass is 268 g/mol. The van der Waals surface area contributed by atoms with Crippen molar-refractivity contribution >= 4 is 11.9 Å². The molecule has 0 aromatic carbocycles. The number of urea groups is 1. The number of amides is 3. The van der Waals surface area contributed by atoms with Gasteiger partial charge in [-0.3, -0.25) is 4.79 Å². The second-order valence-electron chi connectivity index (χ2n) is 5.50. The van der Waals surface area contributed by atoms with Gasteiger partial charge in [-0.15, -0.1) is 0 Å². The van der Waals surface area contributed by atoms with Crippen molar-refractivity contribution in [1.82, 2.24) is 20.4 Å². The van der Waals surface area contributed by atoms with Crippen LogP contribution in [0.2, 0.25) is 0 Å². The van der Waals surface area contributed by atoms with Crippen LogP contribution >= 0.6 is 0 Å². The fourth-order valence-electron chi connectivity index (χ4n) is 2.88. The zero-order chi connectivity index (χ0) is 13.8. The van der Waals surface area contributed by atoms with Crippen LogP contribution < -0.4 is 10.6 Å². The zero-order valence-electron chi connectivity index (χ0n) is 11.8. The molecule has 2 saturated heterocycles. The van der Waals surface area contributed by atoms with Gasteiger partial charge < -0.3 is 20.4 Å². The molecule has 2 rings (SSSR count). The summed E-state index contributed by atoms with van der Waals surface area (Å²) in [5, 5.41) is 5.81. The Labute approximate surface area is 114 Å². The largest absolute Gasteiger partial charge is 0.357 e. The lowest BCUT2D eigenvalue weighted by Crippen LogP contribution is -2.62. The fourth-order valence-corrected chi connectivity index (χ4v) is 2.88. The standard InChI is InChI=1S/C13H24N4O2/c1-10-4-3-6-16(9-10)13(19)17-7-5-15-8-11(17)12(18)14-2/h10-11,15H,3-9H2,1-2H3,(H,14,18). The van der Waals surface area contributed by atoms with E-state index in [0.717, 1.165) is 26.1 Å². The number of rotatable bonds is 1. The van der Waals surface area contributed by atoms with Gasteiger partial charge in [0.15, 0.2) is 0 Å². The van der Waals surface area contributed by atoms with E-state index in [-0.39, 0.29) is 18.0 Å². The van der Waals surface area contributed by atoms with Crippen molar-refractivity contribution in [2.75, 3.05) is 39.8 Å². The van der Waals surface area contributed by atoms with Crippen LogP contribution in [0.4, 0.5) is 4.79 Å². The van der Waals surface area contributed by atoms with E-state index >= 15 is 0 Å². The highest BCUT2D eigenvalue weighted by atomic mass is 16.2. The van der Waals surface area contributed by atoms with Crippen LogP contribution in [0.15, 0.2) is 0 Å². The van der Waals surface area contributed by atoms with E-state index in [4.69, 9.17) is 0 Å². The Morgan fingerprint density at radius 1 is 1.32 bits per heavy atom. The second-order valence-corrected chi connectivity index (χ2v) is 5.50. The molecule has 2 fully saturated rings. The van der Waals surface area contributed by atoms with Crippen molar-refractivity contribution < 1.29 is 9.59 Å². The zero-order valence-corrected chi connectivity index (χ0v) is 11.8. The Morgan fingerprint density at radius 2 is 2.11 bits per heavy atom. The number of likely N-dealkylation sites (N-methyl/N-ethyl adjacent to an activating group) is 1. The molecule has 108 valence electrons. The second kappa shape index (κ2) is 6.23. The molecule has 6 nitrogen and oxygen atoms in total. The molecule has 2 aliphatic heterocycles. The summed E-state index contributed by atoms with van der Waals surface area (Å²) < 4.78 is 0. The number of nitrogens with one attached hydrogen (secondary N) is 2. The van der Waals surface area contributed by atoms with Gasteiger partial charge in [0.25, 0.3) is 0 Å². The summed E-state index contributed by atoms with van der Waals surface area (Å²) in [5.41, 5.74) is 0. The minimum absolute atomic E-state index is 0.0154. The summed E-state index contributed by atoms with van der Waals surface area (Å²) >= 11 is 0. The maximum atomic E-state index is 12.6. The lowest BCUT2D eigenvalue weighted by atomic mass is 10.0. The molecule has 2 atom stereocenters. The minimum atomic E-state index is -0.386. The molecule has 0 aromatic rings. The van der Waals surface area contributed by atoms with Crippen molar-refractivity contribution in [3.63, 3.8) is 0 Å². The molecule has 0 bridgehead atoms. The molecule has 0 aromatic heterocycles. The van der Waals surface area contributed by atoms with Crippen LogP contribution in [0.25, 0.3) is 0 Å². The van der Waals surface area contributed by atoms with Crippen LogP contribution in [-0.2, 0) is 4.79 Å². The number of hydrogen-bond donors (Lipinski definition) is 2. The van der Waals surface area contributed by atoms with E-state index in [1.165, 1.54) is 6.42 Å². The van der Waals surface area contributed by atoms with Crippen molar-refractivity contribution in [3.05, 3.63) is 0 Å². The Balaban J connectivity index is 2.04. The van der Waals surface area contributed by atoms with Gasteiger partial charge >= 0.3 is 6.03 Å². The Hall–Kier alpha value is -1.30. The van der Waals surface area contributed by atoms with Crippen LogP contribution in [-0.4, -0.2) is 67.6 Å². The highest BCUT2D eigenvalue weighted by molar-refractivity contribution is 5.87. The van der Waals surface area contributed by atoms with Gasteiger partial charge in [-0.05, 0) is 18.8 Å². The first-order chi connectivity index (χ1) is 9.13. The van der Waals surface area contributed by atoms with Gasteiger partial charge in [0, 0.05) is 39.8 Å². The van der Waals surface area contributed by atoms with Crippen molar-refractivity contribution in [3.8, 4) is 0 Å². The predicted molar refractivity (Wildman–Crippen MR) is 72.8 cm³/mol. The first kappa shape index (κ1) is 14.1.